The van der Waals surface area contributed by atoms with E-state index in [2.05, 4.69) is 9.88 Å². The average Bonchev–Trinajstić information content (AvgIpc) is 3.22. The monoisotopic (exact) mass is 343 g/mol. The Balaban J connectivity index is 1.59. The summed E-state index contributed by atoms with van der Waals surface area (Å²) < 4.78 is 5.51. The van der Waals surface area contributed by atoms with Crippen LogP contribution in [0.15, 0.2) is 40.9 Å². The van der Waals surface area contributed by atoms with Gasteiger partial charge in [0.1, 0.15) is 5.76 Å². The number of hydrogen-bond donors (Lipinski definition) is 1. The molecule has 6 nitrogen and oxygen atoms in total. The van der Waals surface area contributed by atoms with Crippen molar-refractivity contribution >= 4 is 5.91 Å². The van der Waals surface area contributed by atoms with Crippen LogP contribution in [0.3, 0.4) is 0 Å². The predicted octanol–water partition coefficient (Wildman–Crippen LogP) is 2.14. The summed E-state index contributed by atoms with van der Waals surface area (Å²) in [6.45, 7) is 6.01. The van der Waals surface area contributed by atoms with Crippen molar-refractivity contribution < 1.29 is 14.3 Å². The Morgan fingerprint density at radius 2 is 2.20 bits per heavy atom. The van der Waals surface area contributed by atoms with Gasteiger partial charge < -0.3 is 14.4 Å². The van der Waals surface area contributed by atoms with E-state index < -0.39 is 6.10 Å². The molecule has 1 aromatic heterocycles. The van der Waals surface area contributed by atoms with Gasteiger partial charge in [-0.3, -0.25) is 9.69 Å². The van der Waals surface area contributed by atoms with Crippen LogP contribution in [-0.2, 0) is 11.3 Å². The molecule has 1 fully saturated rings. The Labute approximate surface area is 148 Å². The molecule has 1 aliphatic rings. The maximum absolute atomic E-state index is 12.1. The molecule has 25 heavy (non-hydrogen) atoms. The van der Waals surface area contributed by atoms with Crippen LogP contribution < -0.4 is 0 Å². The van der Waals surface area contributed by atoms with E-state index in [0.717, 1.165) is 30.8 Å². The zero-order chi connectivity index (χ0) is 17.8. The molecule has 1 aromatic carbocycles. The SMILES string of the molecule is CC(=O)N(Cc1ncc(C)o1)C1CCN(CC(O)c2ccccc2)C1. The number of amides is 1. The third-order valence-electron chi connectivity index (χ3n) is 4.68. The summed E-state index contributed by atoms with van der Waals surface area (Å²) in [6, 6.07) is 9.79. The second-order valence-corrected chi connectivity index (χ2v) is 6.64. The fraction of sp³-hybridized carbons (Fsp3) is 0.474. The summed E-state index contributed by atoms with van der Waals surface area (Å²) in [5, 5.41) is 10.4. The summed E-state index contributed by atoms with van der Waals surface area (Å²) in [5.74, 6) is 1.33. The molecule has 1 amide bonds. The summed E-state index contributed by atoms with van der Waals surface area (Å²) in [4.78, 5) is 20.3. The molecule has 2 atom stereocenters. The largest absolute Gasteiger partial charge is 0.444 e. The van der Waals surface area contributed by atoms with Crippen LogP contribution in [0.2, 0.25) is 0 Å². The Hall–Kier alpha value is -2.18. The van der Waals surface area contributed by atoms with Gasteiger partial charge >= 0.3 is 0 Å². The molecule has 0 bridgehead atoms. The van der Waals surface area contributed by atoms with E-state index in [-0.39, 0.29) is 11.9 Å². The van der Waals surface area contributed by atoms with Crippen LogP contribution in [0.1, 0.15) is 36.7 Å². The number of hydrogen-bond acceptors (Lipinski definition) is 5. The number of aromatic nitrogens is 1. The van der Waals surface area contributed by atoms with E-state index in [0.29, 0.717) is 19.0 Å². The minimum atomic E-state index is -0.514. The number of aliphatic hydroxyl groups excluding tert-OH is 1. The molecular weight excluding hydrogens is 318 g/mol. The molecule has 0 radical (unpaired) electrons. The highest BCUT2D eigenvalue weighted by Crippen LogP contribution is 2.22. The number of carbonyl (C=O) groups is 1. The topological polar surface area (TPSA) is 69.8 Å². The van der Waals surface area contributed by atoms with Crippen molar-refractivity contribution in [2.24, 2.45) is 0 Å². The lowest BCUT2D eigenvalue weighted by Gasteiger charge is -2.27. The molecule has 6 heteroatoms. The second kappa shape index (κ2) is 7.80. The van der Waals surface area contributed by atoms with Crippen LogP contribution in [0, 0.1) is 6.92 Å². The van der Waals surface area contributed by atoms with Crippen LogP contribution in [0.4, 0.5) is 0 Å². The van der Waals surface area contributed by atoms with Crippen molar-refractivity contribution in [3.63, 3.8) is 0 Å². The van der Waals surface area contributed by atoms with Gasteiger partial charge in [0.25, 0.3) is 0 Å². The number of oxazole rings is 1. The first-order valence-electron chi connectivity index (χ1n) is 8.67. The molecule has 0 aliphatic carbocycles. The fourth-order valence-corrected chi connectivity index (χ4v) is 3.38. The molecule has 2 unspecified atom stereocenters. The first-order chi connectivity index (χ1) is 12.0. The first-order valence-corrected chi connectivity index (χ1v) is 8.67. The van der Waals surface area contributed by atoms with Crippen LogP contribution in [0.25, 0.3) is 0 Å². The third kappa shape index (κ3) is 4.46. The number of aryl methyl sites for hydroxylation is 1. The fourth-order valence-electron chi connectivity index (χ4n) is 3.38. The second-order valence-electron chi connectivity index (χ2n) is 6.64. The number of carbonyl (C=O) groups excluding carboxylic acids is 1. The van der Waals surface area contributed by atoms with Gasteiger partial charge in [-0.1, -0.05) is 30.3 Å². The Kier molecular flexibility index (Phi) is 5.50. The number of rotatable bonds is 6. The summed E-state index contributed by atoms with van der Waals surface area (Å²) >= 11 is 0. The van der Waals surface area contributed by atoms with Crippen molar-refractivity contribution in [2.45, 2.75) is 39.0 Å². The molecule has 0 saturated carbocycles. The van der Waals surface area contributed by atoms with Gasteiger partial charge in [-0.15, -0.1) is 0 Å². The van der Waals surface area contributed by atoms with Gasteiger partial charge in [0.15, 0.2) is 0 Å². The lowest BCUT2D eigenvalue weighted by atomic mass is 10.1. The maximum atomic E-state index is 12.1. The number of nitrogens with zero attached hydrogens (tertiary/aromatic N) is 3. The van der Waals surface area contributed by atoms with Crippen molar-refractivity contribution in [1.82, 2.24) is 14.8 Å². The quantitative estimate of drug-likeness (QED) is 0.870. The van der Waals surface area contributed by atoms with Gasteiger partial charge in [-0.2, -0.15) is 0 Å². The van der Waals surface area contributed by atoms with Crippen molar-refractivity contribution in [2.75, 3.05) is 19.6 Å². The van der Waals surface area contributed by atoms with Gasteiger partial charge in [-0.25, -0.2) is 4.98 Å². The molecule has 0 spiro atoms. The van der Waals surface area contributed by atoms with E-state index in [1.165, 1.54) is 0 Å². The first kappa shape index (κ1) is 17.6. The van der Waals surface area contributed by atoms with E-state index in [1.807, 2.05) is 42.2 Å². The number of likely N-dealkylation sites (tertiary alicyclic amines) is 1. The average molecular weight is 343 g/mol. The normalized spacial score (nSPS) is 19.1. The zero-order valence-corrected chi connectivity index (χ0v) is 14.8. The Morgan fingerprint density at radius 3 is 2.84 bits per heavy atom. The summed E-state index contributed by atoms with van der Waals surface area (Å²) in [7, 11) is 0. The van der Waals surface area contributed by atoms with Crippen LogP contribution >= 0.6 is 0 Å². The predicted molar refractivity (Wildman–Crippen MR) is 93.7 cm³/mol. The zero-order valence-electron chi connectivity index (χ0n) is 14.8. The Morgan fingerprint density at radius 1 is 1.44 bits per heavy atom. The van der Waals surface area contributed by atoms with Gasteiger partial charge in [0.2, 0.25) is 11.8 Å². The molecule has 2 heterocycles. The lowest BCUT2D eigenvalue weighted by molar-refractivity contribution is -0.132. The molecule has 1 aliphatic heterocycles. The highest BCUT2D eigenvalue weighted by molar-refractivity contribution is 5.73. The van der Waals surface area contributed by atoms with Gasteiger partial charge in [-0.05, 0) is 18.9 Å². The summed E-state index contributed by atoms with van der Waals surface area (Å²) in [6.07, 6.45) is 2.05. The minimum absolute atomic E-state index is 0.0197. The molecule has 2 aromatic rings. The lowest BCUT2D eigenvalue weighted by Crippen LogP contribution is -2.40. The van der Waals surface area contributed by atoms with E-state index in [1.54, 1.807) is 13.1 Å². The highest BCUT2D eigenvalue weighted by atomic mass is 16.4. The number of benzene rings is 1. The summed E-state index contributed by atoms with van der Waals surface area (Å²) in [5.41, 5.74) is 0.921. The van der Waals surface area contributed by atoms with Crippen molar-refractivity contribution in [3.8, 4) is 0 Å². The van der Waals surface area contributed by atoms with E-state index >= 15 is 0 Å². The maximum Gasteiger partial charge on any atom is 0.220 e. The Bertz CT molecular complexity index is 701. The number of aliphatic hydroxyl groups is 1. The third-order valence-corrected chi connectivity index (χ3v) is 4.68. The van der Waals surface area contributed by atoms with Crippen LogP contribution in [-0.4, -0.2) is 51.5 Å². The minimum Gasteiger partial charge on any atom is -0.444 e. The molecule has 134 valence electrons. The van der Waals surface area contributed by atoms with Gasteiger partial charge in [0, 0.05) is 32.6 Å². The molecular formula is C19H25N3O3. The number of β-amino-alcohol motifs (C(OH)–C–C–N with tert-alkyl or cyclic N) is 1. The van der Waals surface area contributed by atoms with E-state index in [9.17, 15) is 9.90 Å². The molecule has 1 saturated heterocycles. The van der Waals surface area contributed by atoms with Crippen molar-refractivity contribution in [1.29, 1.82) is 0 Å². The molecule has 1 N–H and O–H groups in total. The standard InChI is InChI=1S/C19H25N3O3/c1-14-10-20-19(25-14)13-22(15(2)23)17-8-9-21(11-17)12-18(24)16-6-4-3-5-7-16/h3-7,10,17-18,24H,8-9,11-13H2,1-2H3. The van der Waals surface area contributed by atoms with Crippen LogP contribution in [0.5, 0.6) is 0 Å². The highest BCUT2D eigenvalue weighted by Gasteiger charge is 2.31. The smallest absolute Gasteiger partial charge is 0.220 e. The van der Waals surface area contributed by atoms with Crippen molar-refractivity contribution in [3.05, 3.63) is 53.7 Å². The van der Waals surface area contributed by atoms with E-state index in [4.69, 9.17) is 4.42 Å². The molecule has 3 rings (SSSR count). The van der Waals surface area contributed by atoms with Gasteiger partial charge in [0.05, 0.1) is 18.8 Å².